The van der Waals surface area contributed by atoms with Gasteiger partial charge < -0.3 is 19.5 Å². The minimum atomic E-state index is 0.564. The standard InChI is InChI=1S/C26H29ClN6O/c1-15-10-19(18-6-7-21-22(12-18)30-17(3)29-21)11-20-13-33(8-9-34-25(15)20)26-24(27)16(2)28-23(31-26)14-32(4)5/h6-7,10-12H,8-9,13-14H2,1-5H3,(H,29,30). The number of aromatic nitrogens is 4. The van der Waals surface area contributed by atoms with E-state index in [-0.39, 0.29) is 0 Å². The average molecular weight is 477 g/mol. The lowest BCUT2D eigenvalue weighted by molar-refractivity contribution is 0.329. The molecule has 2 aromatic heterocycles. The number of benzene rings is 2. The summed E-state index contributed by atoms with van der Waals surface area (Å²) in [6, 6.07) is 10.7. The van der Waals surface area contributed by atoms with E-state index in [1.165, 1.54) is 0 Å². The van der Waals surface area contributed by atoms with Crippen LogP contribution in [0.25, 0.3) is 22.2 Å². The van der Waals surface area contributed by atoms with Gasteiger partial charge in [-0.25, -0.2) is 15.0 Å². The highest BCUT2D eigenvalue weighted by Gasteiger charge is 2.23. The Morgan fingerprint density at radius 2 is 1.88 bits per heavy atom. The Kier molecular flexibility index (Phi) is 5.91. The van der Waals surface area contributed by atoms with Crippen LogP contribution < -0.4 is 9.64 Å². The highest BCUT2D eigenvalue weighted by Crippen LogP contribution is 2.36. The third-order valence-electron chi connectivity index (χ3n) is 6.06. The molecule has 0 amide bonds. The molecule has 2 aromatic carbocycles. The summed E-state index contributed by atoms with van der Waals surface area (Å²) < 4.78 is 6.21. The summed E-state index contributed by atoms with van der Waals surface area (Å²) in [6.07, 6.45) is 0. The van der Waals surface area contributed by atoms with Crippen LogP contribution in [-0.2, 0) is 13.1 Å². The van der Waals surface area contributed by atoms with Gasteiger partial charge in [-0.05, 0) is 75.8 Å². The summed E-state index contributed by atoms with van der Waals surface area (Å²) in [7, 11) is 4.02. The zero-order chi connectivity index (χ0) is 24.0. The van der Waals surface area contributed by atoms with Crippen LogP contribution in [0.2, 0.25) is 5.02 Å². The van der Waals surface area contributed by atoms with Crippen LogP contribution in [-0.4, -0.2) is 52.1 Å². The normalized spacial score (nSPS) is 13.8. The minimum Gasteiger partial charge on any atom is -0.491 e. The van der Waals surface area contributed by atoms with Gasteiger partial charge in [-0.1, -0.05) is 17.7 Å². The van der Waals surface area contributed by atoms with Crippen molar-refractivity contribution in [2.75, 3.05) is 32.1 Å². The maximum atomic E-state index is 6.70. The maximum Gasteiger partial charge on any atom is 0.151 e. The zero-order valence-electron chi connectivity index (χ0n) is 20.2. The van der Waals surface area contributed by atoms with Gasteiger partial charge in [-0.2, -0.15) is 0 Å². The van der Waals surface area contributed by atoms with Crippen LogP contribution in [0.5, 0.6) is 5.75 Å². The molecule has 0 atom stereocenters. The number of rotatable bonds is 4. The van der Waals surface area contributed by atoms with Gasteiger partial charge in [-0.3, -0.25) is 0 Å². The molecule has 0 saturated carbocycles. The fraction of sp³-hybridized carbons (Fsp3) is 0.346. The Morgan fingerprint density at radius 1 is 1.06 bits per heavy atom. The van der Waals surface area contributed by atoms with E-state index in [9.17, 15) is 0 Å². The first-order chi connectivity index (χ1) is 16.3. The molecule has 34 heavy (non-hydrogen) atoms. The molecule has 5 rings (SSSR count). The minimum absolute atomic E-state index is 0.564. The molecule has 0 fully saturated rings. The summed E-state index contributed by atoms with van der Waals surface area (Å²) in [4.78, 5) is 21.5. The lowest BCUT2D eigenvalue weighted by Gasteiger charge is -2.24. The molecule has 0 aliphatic carbocycles. The SMILES string of the molecule is Cc1nc2ccc(-c3cc(C)c4c(c3)CN(c3nc(CN(C)C)nc(C)c3Cl)CCO4)cc2[nH]1. The van der Waals surface area contributed by atoms with Crippen molar-refractivity contribution in [2.45, 2.75) is 33.9 Å². The van der Waals surface area contributed by atoms with E-state index in [1.807, 2.05) is 27.9 Å². The molecule has 0 radical (unpaired) electrons. The molecule has 0 bridgehead atoms. The topological polar surface area (TPSA) is 70.2 Å². The first-order valence-corrected chi connectivity index (χ1v) is 11.8. The maximum absolute atomic E-state index is 6.70. The summed E-state index contributed by atoms with van der Waals surface area (Å²) >= 11 is 6.70. The number of ether oxygens (including phenoxy) is 1. The predicted molar refractivity (Wildman–Crippen MR) is 137 cm³/mol. The van der Waals surface area contributed by atoms with E-state index in [2.05, 4.69) is 62.0 Å². The molecule has 8 heteroatoms. The molecule has 3 heterocycles. The van der Waals surface area contributed by atoms with Crippen molar-refractivity contribution in [1.82, 2.24) is 24.8 Å². The van der Waals surface area contributed by atoms with Crippen LogP contribution in [0.4, 0.5) is 5.82 Å². The summed E-state index contributed by atoms with van der Waals surface area (Å²) in [6.45, 7) is 8.59. The number of hydrogen-bond donors (Lipinski definition) is 1. The molecular weight excluding hydrogens is 448 g/mol. The number of imidazole rings is 1. The summed E-state index contributed by atoms with van der Waals surface area (Å²) in [5, 5.41) is 0.596. The van der Waals surface area contributed by atoms with E-state index in [1.54, 1.807) is 0 Å². The van der Waals surface area contributed by atoms with Crippen LogP contribution >= 0.6 is 11.6 Å². The van der Waals surface area contributed by atoms with E-state index >= 15 is 0 Å². The van der Waals surface area contributed by atoms with Crippen molar-refractivity contribution in [3.8, 4) is 16.9 Å². The van der Waals surface area contributed by atoms with Crippen molar-refractivity contribution in [3.63, 3.8) is 0 Å². The average Bonchev–Trinajstić information content (AvgIpc) is 3.01. The van der Waals surface area contributed by atoms with Gasteiger partial charge in [0, 0.05) is 12.1 Å². The molecule has 4 aromatic rings. The van der Waals surface area contributed by atoms with Crippen LogP contribution in [0.3, 0.4) is 0 Å². The quantitative estimate of drug-likeness (QED) is 0.444. The van der Waals surface area contributed by atoms with Crippen molar-refractivity contribution in [2.24, 2.45) is 0 Å². The number of aromatic amines is 1. The highest BCUT2D eigenvalue weighted by atomic mass is 35.5. The zero-order valence-corrected chi connectivity index (χ0v) is 21.0. The van der Waals surface area contributed by atoms with Gasteiger partial charge in [0.2, 0.25) is 0 Å². The molecule has 176 valence electrons. The number of halogens is 1. The largest absolute Gasteiger partial charge is 0.491 e. The molecule has 1 aliphatic heterocycles. The van der Waals surface area contributed by atoms with Crippen molar-refractivity contribution < 1.29 is 4.74 Å². The second kappa shape index (κ2) is 8.89. The Hall–Kier alpha value is -3.16. The van der Waals surface area contributed by atoms with Crippen LogP contribution in [0, 0.1) is 20.8 Å². The smallest absolute Gasteiger partial charge is 0.151 e. The van der Waals surface area contributed by atoms with Gasteiger partial charge in [0.15, 0.2) is 5.82 Å². The third kappa shape index (κ3) is 4.33. The Labute approximate surface area is 204 Å². The van der Waals surface area contributed by atoms with E-state index in [0.717, 1.165) is 62.2 Å². The monoisotopic (exact) mass is 476 g/mol. The number of H-pyrrole nitrogens is 1. The van der Waals surface area contributed by atoms with Crippen molar-refractivity contribution >= 4 is 28.5 Å². The van der Waals surface area contributed by atoms with Gasteiger partial charge in [0.05, 0.1) is 29.8 Å². The molecule has 0 unspecified atom stereocenters. The van der Waals surface area contributed by atoms with Gasteiger partial charge in [0.25, 0.3) is 0 Å². The Bertz CT molecular complexity index is 1380. The lowest BCUT2D eigenvalue weighted by atomic mass is 9.98. The van der Waals surface area contributed by atoms with E-state index < -0.39 is 0 Å². The first-order valence-electron chi connectivity index (χ1n) is 11.4. The fourth-order valence-electron chi connectivity index (χ4n) is 4.54. The number of anilines is 1. The Morgan fingerprint density at radius 3 is 2.68 bits per heavy atom. The highest BCUT2D eigenvalue weighted by molar-refractivity contribution is 6.33. The van der Waals surface area contributed by atoms with E-state index in [0.29, 0.717) is 31.3 Å². The van der Waals surface area contributed by atoms with Gasteiger partial charge in [0.1, 0.15) is 29.0 Å². The molecule has 7 nitrogen and oxygen atoms in total. The van der Waals surface area contributed by atoms with Crippen molar-refractivity contribution in [3.05, 3.63) is 63.8 Å². The number of nitrogens with zero attached hydrogens (tertiary/aromatic N) is 5. The number of aryl methyl sites for hydroxylation is 3. The summed E-state index contributed by atoms with van der Waals surface area (Å²) in [5.41, 5.74) is 7.34. The van der Waals surface area contributed by atoms with E-state index in [4.69, 9.17) is 21.3 Å². The summed E-state index contributed by atoms with van der Waals surface area (Å²) in [5.74, 6) is 3.39. The number of nitrogens with one attached hydrogen (secondary N) is 1. The molecule has 0 saturated heterocycles. The first kappa shape index (κ1) is 22.6. The second-order valence-corrected chi connectivity index (χ2v) is 9.58. The fourth-order valence-corrected chi connectivity index (χ4v) is 4.75. The third-order valence-corrected chi connectivity index (χ3v) is 6.50. The molecular formula is C26H29ClN6O. The van der Waals surface area contributed by atoms with Crippen LogP contribution in [0.1, 0.15) is 28.5 Å². The number of hydrogen-bond acceptors (Lipinski definition) is 6. The predicted octanol–water partition coefficient (Wildman–Crippen LogP) is 5.06. The van der Waals surface area contributed by atoms with Gasteiger partial charge >= 0.3 is 0 Å². The second-order valence-electron chi connectivity index (χ2n) is 9.21. The van der Waals surface area contributed by atoms with Crippen LogP contribution in [0.15, 0.2) is 30.3 Å². The molecule has 1 aliphatic rings. The lowest BCUT2D eigenvalue weighted by Crippen LogP contribution is -2.27. The molecule has 0 spiro atoms. The van der Waals surface area contributed by atoms with Crippen molar-refractivity contribution in [1.29, 1.82) is 0 Å². The number of fused-ring (bicyclic) bond motifs is 2. The van der Waals surface area contributed by atoms with Gasteiger partial charge in [-0.15, -0.1) is 0 Å². The molecule has 1 N–H and O–H groups in total. The Balaban J connectivity index is 1.54.